The molecule has 6 heterocycles. The predicted molar refractivity (Wildman–Crippen MR) is 117 cm³/mol. The molecule has 4 aromatic heterocycles. The van der Waals surface area contributed by atoms with Crippen molar-refractivity contribution >= 4 is 22.9 Å². The largest absolute Gasteiger partial charge is 0.490 e. The molecule has 1 amide bonds. The molecule has 7 rings (SSSR count). The van der Waals surface area contributed by atoms with Crippen molar-refractivity contribution in [2.45, 2.75) is 50.7 Å². The maximum absolute atomic E-state index is 15.5. The van der Waals surface area contributed by atoms with Crippen LogP contribution in [0, 0.1) is 5.95 Å². The highest BCUT2D eigenvalue weighted by atomic mass is 19.1. The fourth-order valence-electron chi connectivity index (χ4n) is 5.14. The van der Waals surface area contributed by atoms with Gasteiger partial charge >= 0.3 is 0 Å². The van der Waals surface area contributed by atoms with Gasteiger partial charge in [-0.3, -0.25) is 9.20 Å². The number of nitrogens with one attached hydrogen (secondary N) is 1. The Morgan fingerprint density at radius 1 is 1.36 bits per heavy atom. The number of carbonyl (C=O) groups is 1. The maximum atomic E-state index is 15.5. The van der Waals surface area contributed by atoms with Crippen molar-refractivity contribution in [3.63, 3.8) is 0 Å². The molecular formula is C23H23FN6O3. The fourth-order valence-corrected chi connectivity index (χ4v) is 5.14. The minimum Gasteiger partial charge on any atom is -0.490 e. The van der Waals surface area contributed by atoms with Gasteiger partial charge in [0, 0.05) is 30.1 Å². The van der Waals surface area contributed by atoms with Crippen molar-refractivity contribution < 1.29 is 18.7 Å². The summed E-state index contributed by atoms with van der Waals surface area (Å²) in [6.45, 7) is 6.22. The molecule has 2 aliphatic heterocycles. The molecule has 33 heavy (non-hydrogen) atoms. The van der Waals surface area contributed by atoms with Crippen molar-refractivity contribution in [2.75, 3.05) is 11.9 Å². The fraction of sp³-hybridized carbons (Fsp3) is 0.391. The molecule has 2 bridgehead atoms. The van der Waals surface area contributed by atoms with E-state index in [2.05, 4.69) is 20.4 Å². The number of pyridine rings is 1. The third kappa shape index (κ3) is 3.01. The molecule has 1 saturated carbocycles. The summed E-state index contributed by atoms with van der Waals surface area (Å²) in [4.78, 5) is 22.1. The Bertz CT molecular complexity index is 1420. The summed E-state index contributed by atoms with van der Waals surface area (Å²) in [5.74, 6) is -0.601. The van der Waals surface area contributed by atoms with Crippen LogP contribution in [-0.2, 0) is 10.2 Å². The van der Waals surface area contributed by atoms with Crippen molar-refractivity contribution in [3.05, 3.63) is 54.1 Å². The Hall–Kier alpha value is -3.53. The van der Waals surface area contributed by atoms with E-state index in [1.165, 1.54) is 16.8 Å². The lowest BCUT2D eigenvalue weighted by Gasteiger charge is -2.41. The molecule has 1 N–H and O–H groups in total. The molecule has 0 radical (unpaired) electrons. The van der Waals surface area contributed by atoms with Crippen molar-refractivity contribution in [3.8, 4) is 5.75 Å². The first-order valence-electron chi connectivity index (χ1n) is 10.9. The van der Waals surface area contributed by atoms with Gasteiger partial charge in [-0.05, 0) is 39.7 Å². The van der Waals surface area contributed by atoms with Crippen molar-refractivity contribution in [2.24, 2.45) is 0 Å². The van der Waals surface area contributed by atoms with Gasteiger partial charge in [-0.25, -0.2) is 14.5 Å². The number of rotatable bonds is 5. The third-order valence-corrected chi connectivity index (χ3v) is 6.42. The zero-order chi connectivity index (χ0) is 23.0. The molecule has 1 aliphatic carbocycles. The first-order chi connectivity index (χ1) is 15.8. The Morgan fingerprint density at radius 2 is 2.18 bits per heavy atom. The van der Waals surface area contributed by atoms with Gasteiger partial charge in [0.1, 0.15) is 22.8 Å². The average molecular weight is 450 g/mol. The Kier molecular flexibility index (Phi) is 4.10. The van der Waals surface area contributed by atoms with E-state index in [9.17, 15) is 4.79 Å². The molecule has 0 aromatic carbocycles. The summed E-state index contributed by atoms with van der Waals surface area (Å²) in [5.41, 5.74) is 1.31. The van der Waals surface area contributed by atoms with E-state index in [-0.39, 0.29) is 17.3 Å². The van der Waals surface area contributed by atoms with E-state index in [1.54, 1.807) is 29.0 Å². The highest BCUT2D eigenvalue weighted by molar-refractivity contribution is 6.07. The number of aromatic nitrogens is 5. The standard InChI is InChI=1S/C23H23FN6O3/c1-13(2)33-16-7-17-28-18(23-10-22(3,11-23)32-12-23)19(24)29(17)9-14(16)21(31)27-15-8-26-30-6-4-5-25-20(15)30/h4-9,13H,10-12H2,1-3H3,(H,27,31). The number of ether oxygens (including phenoxy) is 2. The van der Waals surface area contributed by atoms with E-state index >= 15 is 4.39 Å². The lowest BCUT2D eigenvalue weighted by atomic mass is 9.62. The molecule has 3 aliphatic rings. The number of fused-ring (bicyclic) bond motifs is 3. The third-order valence-electron chi connectivity index (χ3n) is 6.42. The molecule has 2 saturated heterocycles. The van der Waals surface area contributed by atoms with Crippen LogP contribution in [-0.4, -0.2) is 48.2 Å². The van der Waals surface area contributed by atoms with Gasteiger partial charge in [0.2, 0.25) is 5.95 Å². The second-order valence-corrected chi connectivity index (χ2v) is 9.47. The predicted octanol–water partition coefficient (Wildman–Crippen LogP) is 3.38. The zero-order valence-electron chi connectivity index (χ0n) is 18.5. The number of hydrogen-bond donors (Lipinski definition) is 1. The summed E-state index contributed by atoms with van der Waals surface area (Å²) < 4.78 is 30.2. The first kappa shape index (κ1) is 20.1. The molecule has 10 heteroatoms. The smallest absolute Gasteiger partial charge is 0.261 e. The van der Waals surface area contributed by atoms with Crippen LogP contribution >= 0.6 is 0 Å². The number of amides is 1. The van der Waals surface area contributed by atoms with Crippen LogP contribution < -0.4 is 10.1 Å². The number of imidazole rings is 1. The van der Waals surface area contributed by atoms with Crippen molar-refractivity contribution in [1.29, 1.82) is 0 Å². The number of carbonyl (C=O) groups excluding carboxylic acids is 1. The molecule has 0 atom stereocenters. The summed E-state index contributed by atoms with van der Waals surface area (Å²) in [5, 5.41) is 7.01. The monoisotopic (exact) mass is 450 g/mol. The zero-order valence-corrected chi connectivity index (χ0v) is 18.5. The molecule has 9 nitrogen and oxygen atoms in total. The first-order valence-corrected chi connectivity index (χ1v) is 10.9. The number of anilines is 1. The number of halogens is 1. The highest BCUT2D eigenvalue weighted by Gasteiger charge is 2.62. The van der Waals surface area contributed by atoms with E-state index in [4.69, 9.17) is 9.47 Å². The van der Waals surface area contributed by atoms with Crippen LogP contribution in [0.2, 0.25) is 0 Å². The topological polar surface area (TPSA) is 95.0 Å². The SMILES string of the molecule is CC(C)Oc1cc2nc(C34COC(C)(C3)C4)c(F)n2cc1C(=O)Nc1cnn2cccnc12. The molecular weight excluding hydrogens is 427 g/mol. The maximum Gasteiger partial charge on any atom is 0.261 e. The van der Waals surface area contributed by atoms with Gasteiger partial charge in [-0.15, -0.1) is 0 Å². The van der Waals surface area contributed by atoms with Crippen LogP contribution in [0.3, 0.4) is 0 Å². The van der Waals surface area contributed by atoms with E-state index in [0.717, 1.165) is 12.8 Å². The summed E-state index contributed by atoms with van der Waals surface area (Å²) >= 11 is 0. The summed E-state index contributed by atoms with van der Waals surface area (Å²) in [6.07, 6.45) is 7.60. The van der Waals surface area contributed by atoms with Gasteiger partial charge in [0.15, 0.2) is 5.65 Å². The lowest BCUT2D eigenvalue weighted by molar-refractivity contribution is 0.0150. The molecule has 3 fully saturated rings. The Balaban J connectivity index is 1.42. The van der Waals surface area contributed by atoms with Gasteiger partial charge in [-0.1, -0.05) is 0 Å². The van der Waals surface area contributed by atoms with Gasteiger partial charge in [-0.2, -0.15) is 9.49 Å². The van der Waals surface area contributed by atoms with Gasteiger partial charge in [0.05, 0.1) is 30.1 Å². The lowest BCUT2D eigenvalue weighted by Crippen LogP contribution is -2.45. The van der Waals surface area contributed by atoms with E-state index in [1.807, 2.05) is 20.8 Å². The summed E-state index contributed by atoms with van der Waals surface area (Å²) in [6, 6.07) is 3.35. The van der Waals surface area contributed by atoms with Crippen LogP contribution in [0.5, 0.6) is 5.75 Å². The van der Waals surface area contributed by atoms with Crippen LogP contribution in [0.4, 0.5) is 10.1 Å². The summed E-state index contributed by atoms with van der Waals surface area (Å²) in [7, 11) is 0. The molecule has 0 unspecified atom stereocenters. The van der Waals surface area contributed by atoms with E-state index in [0.29, 0.717) is 35.0 Å². The Morgan fingerprint density at radius 3 is 2.91 bits per heavy atom. The second kappa shape index (κ2) is 6.74. The van der Waals surface area contributed by atoms with Gasteiger partial charge < -0.3 is 14.8 Å². The Labute approximate surface area is 188 Å². The second-order valence-electron chi connectivity index (χ2n) is 9.47. The normalized spacial score (nSPS) is 23.9. The van der Waals surface area contributed by atoms with Crippen molar-refractivity contribution in [1.82, 2.24) is 24.0 Å². The van der Waals surface area contributed by atoms with E-state index < -0.39 is 17.3 Å². The van der Waals surface area contributed by atoms with Crippen LogP contribution in [0.1, 0.15) is 49.7 Å². The van der Waals surface area contributed by atoms with Crippen LogP contribution in [0.25, 0.3) is 11.3 Å². The molecule has 4 aromatic rings. The average Bonchev–Trinajstić information content (AvgIpc) is 3.49. The molecule has 170 valence electrons. The minimum atomic E-state index is -0.472. The van der Waals surface area contributed by atoms with Gasteiger partial charge in [0.25, 0.3) is 5.91 Å². The van der Waals surface area contributed by atoms with Crippen LogP contribution in [0.15, 0.2) is 36.9 Å². The highest BCUT2D eigenvalue weighted by Crippen LogP contribution is 2.58. The molecule has 0 spiro atoms. The minimum absolute atomic E-state index is 0.188. The quantitative estimate of drug-likeness (QED) is 0.501. The number of hydrogen-bond acceptors (Lipinski definition) is 6. The number of nitrogens with zero attached hydrogens (tertiary/aromatic N) is 5.